The minimum Gasteiger partial charge on any atom is -0.481 e. The Hall–Kier alpha value is -1.71. The number of methoxy groups -OCH3 is 1. The van der Waals surface area contributed by atoms with Gasteiger partial charge in [0.15, 0.2) is 0 Å². The molecule has 2 rings (SSSR count). The molecule has 1 aromatic rings. The third-order valence-corrected chi connectivity index (χ3v) is 5.05. The number of hydrogen-bond donors (Lipinski definition) is 1. The van der Waals surface area contributed by atoms with Crippen molar-refractivity contribution in [1.29, 1.82) is 0 Å². The van der Waals surface area contributed by atoms with Gasteiger partial charge in [-0.1, -0.05) is 0 Å². The molecule has 1 aliphatic heterocycles. The summed E-state index contributed by atoms with van der Waals surface area (Å²) in [5.41, 5.74) is 0.495. The first-order valence-electron chi connectivity index (χ1n) is 6.87. The number of nitrogens with zero attached hydrogens (tertiary/aromatic N) is 2. The average molecular weight is 329 g/mol. The molecule has 8 nitrogen and oxygen atoms in total. The zero-order chi connectivity index (χ0) is 16.0. The lowest BCUT2D eigenvalue weighted by Crippen LogP contribution is -2.42. The summed E-state index contributed by atoms with van der Waals surface area (Å²) in [5.74, 6) is -0.153. The summed E-state index contributed by atoms with van der Waals surface area (Å²) >= 11 is 0. The van der Waals surface area contributed by atoms with Gasteiger partial charge in [-0.2, -0.15) is 4.31 Å². The predicted molar refractivity (Wildman–Crippen MR) is 80.2 cm³/mol. The van der Waals surface area contributed by atoms with Gasteiger partial charge in [-0.15, -0.1) is 0 Å². The standard InChI is InChI=1S/C13H19N3O5S/c1-20-13-3-2-11(10-14-13)15-12(17)4-9-22(18,19)16-5-7-21-8-6-16/h2-3,10H,4-9H2,1H3,(H,15,17). The summed E-state index contributed by atoms with van der Waals surface area (Å²) in [6.45, 7) is 1.46. The highest BCUT2D eigenvalue weighted by Gasteiger charge is 2.24. The van der Waals surface area contributed by atoms with Crippen molar-refractivity contribution in [3.63, 3.8) is 0 Å². The molecule has 1 saturated heterocycles. The number of sulfonamides is 1. The third-order valence-electron chi connectivity index (χ3n) is 3.18. The fourth-order valence-electron chi connectivity index (χ4n) is 1.97. The van der Waals surface area contributed by atoms with Crippen LogP contribution >= 0.6 is 0 Å². The van der Waals surface area contributed by atoms with Crippen molar-refractivity contribution in [2.75, 3.05) is 44.5 Å². The predicted octanol–water partition coefficient (Wildman–Crippen LogP) is 0.0808. The maximum atomic E-state index is 12.1. The summed E-state index contributed by atoms with van der Waals surface area (Å²) in [5, 5.41) is 2.60. The molecule has 122 valence electrons. The van der Waals surface area contributed by atoms with Gasteiger partial charge < -0.3 is 14.8 Å². The highest BCUT2D eigenvalue weighted by atomic mass is 32.2. The zero-order valence-electron chi connectivity index (χ0n) is 12.3. The number of carbonyl (C=O) groups excluding carboxylic acids is 1. The van der Waals surface area contributed by atoms with Gasteiger partial charge in [-0.3, -0.25) is 4.79 Å². The van der Waals surface area contributed by atoms with Crippen molar-refractivity contribution < 1.29 is 22.7 Å². The van der Waals surface area contributed by atoms with Gasteiger partial charge in [-0.05, 0) is 6.07 Å². The lowest BCUT2D eigenvalue weighted by atomic mass is 10.4. The Kier molecular flexibility index (Phi) is 5.69. The fourth-order valence-corrected chi connectivity index (χ4v) is 3.38. The zero-order valence-corrected chi connectivity index (χ0v) is 13.1. The van der Waals surface area contributed by atoms with Gasteiger partial charge in [0.05, 0.1) is 38.0 Å². The maximum absolute atomic E-state index is 12.1. The van der Waals surface area contributed by atoms with Crippen LogP contribution in [0.3, 0.4) is 0 Å². The van der Waals surface area contributed by atoms with E-state index in [0.717, 1.165) is 0 Å². The summed E-state index contributed by atoms with van der Waals surface area (Å²) in [6, 6.07) is 3.25. The normalized spacial score (nSPS) is 16.2. The second-order valence-corrected chi connectivity index (χ2v) is 6.80. The number of morpholine rings is 1. The molecule has 2 heterocycles. The van der Waals surface area contributed by atoms with Crippen LogP contribution in [0.5, 0.6) is 5.88 Å². The Morgan fingerprint density at radius 2 is 2.14 bits per heavy atom. The molecule has 22 heavy (non-hydrogen) atoms. The van der Waals surface area contributed by atoms with E-state index in [1.165, 1.54) is 17.6 Å². The highest BCUT2D eigenvalue weighted by molar-refractivity contribution is 7.89. The quantitative estimate of drug-likeness (QED) is 0.794. The number of nitrogens with one attached hydrogen (secondary N) is 1. The minimum atomic E-state index is -3.42. The van der Waals surface area contributed by atoms with Gasteiger partial charge in [-0.25, -0.2) is 13.4 Å². The van der Waals surface area contributed by atoms with E-state index in [0.29, 0.717) is 37.9 Å². The van der Waals surface area contributed by atoms with E-state index in [4.69, 9.17) is 9.47 Å². The number of anilines is 1. The summed E-state index contributed by atoms with van der Waals surface area (Å²) in [4.78, 5) is 15.8. The van der Waals surface area contributed by atoms with E-state index in [9.17, 15) is 13.2 Å². The van der Waals surface area contributed by atoms with Crippen LogP contribution in [0.4, 0.5) is 5.69 Å². The van der Waals surface area contributed by atoms with Crippen molar-refractivity contribution >= 4 is 21.6 Å². The van der Waals surface area contributed by atoms with E-state index < -0.39 is 10.0 Å². The summed E-state index contributed by atoms with van der Waals surface area (Å²) < 4.78 is 35.6. The van der Waals surface area contributed by atoms with E-state index in [2.05, 4.69) is 10.3 Å². The molecule has 1 fully saturated rings. The Morgan fingerprint density at radius 3 is 2.73 bits per heavy atom. The molecule has 0 saturated carbocycles. The Morgan fingerprint density at radius 1 is 1.41 bits per heavy atom. The number of pyridine rings is 1. The molecule has 1 aliphatic rings. The van der Waals surface area contributed by atoms with Gasteiger partial charge >= 0.3 is 0 Å². The minimum absolute atomic E-state index is 0.105. The lowest BCUT2D eigenvalue weighted by molar-refractivity contribution is -0.115. The van der Waals surface area contributed by atoms with Crippen molar-refractivity contribution in [2.45, 2.75) is 6.42 Å². The van der Waals surface area contributed by atoms with Gasteiger partial charge in [0.2, 0.25) is 21.8 Å². The Labute approximate surface area is 129 Å². The van der Waals surface area contributed by atoms with Crippen LogP contribution in [0.15, 0.2) is 18.3 Å². The SMILES string of the molecule is COc1ccc(NC(=O)CCS(=O)(=O)N2CCOCC2)cn1. The van der Waals surface area contributed by atoms with E-state index in [1.54, 1.807) is 12.1 Å². The molecule has 0 atom stereocenters. The van der Waals surface area contributed by atoms with Crippen LogP contribution in [-0.4, -0.2) is 62.8 Å². The smallest absolute Gasteiger partial charge is 0.225 e. The topological polar surface area (TPSA) is 97.8 Å². The Balaban J connectivity index is 1.83. The maximum Gasteiger partial charge on any atom is 0.225 e. The van der Waals surface area contributed by atoms with Crippen molar-refractivity contribution in [3.05, 3.63) is 18.3 Å². The van der Waals surface area contributed by atoms with Crippen LogP contribution in [0.2, 0.25) is 0 Å². The van der Waals surface area contributed by atoms with Crippen LogP contribution in [0, 0.1) is 0 Å². The number of amides is 1. The van der Waals surface area contributed by atoms with Crippen LogP contribution in [0.1, 0.15) is 6.42 Å². The molecular formula is C13H19N3O5S. The van der Waals surface area contributed by atoms with Gasteiger partial charge in [0.1, 0.15) is 0 Å². The van der Waals surface area contributed by atoms with Crippen molar-refractivity contribution in [1.82, 2.24) is 9.29 Å². The number of aromatic nitrogens is 1. The molecule has 0 spiro atoms. The van der Waals surface area contributed by atoms with Crippen molar-refractivity contribution in [3.8, 4) is 5.88 Å². The molecule has 0 aliphatic carbocycles. The molecule has 0 aromatic carbocycles. The first-order valence-corrected chi connectivity index (χ1v) is 8.47. The van der Waals surface area contributed by atoms with Crippen molar-refractivity contribution in [2.24, 2.45) is 0 Å². The molecule has 0 bridgehead atoms. The van der Waals surface area contributed by atoms with Gasteiger partial charge in [0.25, 0.3) is 0 Å². The first-order chi connectivity index (χ1) is 10.5. The van der Waals surface area contributed by atoms with Crippen LogP contribution < -0.4 is 10.1 Å². The number of ether oxygens (including phenoxy) is 2. The molecule has 1 aromatic heterocycles. The van der Waals surface area contributed by atoms with Crippen LogP contribution in [0.25, 0.3) is 0 Å². The number of carbonyl (C=O) groups is 1. The molecule has 0 unspecified atom stereocenters. The Bertz CT molecular complexity index is 597. The first kappa shape index (κ1) is 16.7. The molecule has 0 radical (unpaired) electrons. The van der Waals surface area contributed by atoms with E-state index in [-0.39, 0.29) is 18.1 Å². The van der Waals surface area contributed by atoms with E-state index >= 15 is 0 Å². The highest BCUT2D eigenvalue weighted by Crippen LogP contribution is 2.12. The average Bonchev–Trinajstić information content (AvgIpc) is 2.55. The monoisotopic (exact) mass is 329 g/mol. The van der Waals surface area contributed by atoms with Crippen LogP contribution in [-0.2, 0) is 19.6 Å². The largest absolute Gasteiger partial charge is 0.481 e. The number of rotatable bonds is 6. The van der Waals surface area contributed by atoms with Gasteiger partial charge in [0, 0.05) is 25.6 Å². The molecule has 9 heteroatoms. The second-order valence-electron chi connectivity index (χ2n) is 4.71. The fraction of sp³-hybridized carbons (Fsp3) is 0.538. The summed E-state index contributed by atoms with van der Waals surface area (Å²) in [7, 11) is -1.93. The number of hydrogen-bond acceptors (Lipinski definition) is 6. The summed E-state index contributed by atoms with van der Waals surface area (Å²) in [6.07, 6.45) is 1.35. The molecular weight excluding hydrogens is 310 g/mol. The lowest BCUT2D eigenvalue weighted by Gasteiger charge is -2.25. The van der Waals surface area contributed by atoms with E-state index in [1.807, 2.05) is 0 Å². The molecule has 1 N–H and O–H groups in total. The molecule has 1 amide bonds. The second kappa shape index (κ2) is 7.52. The third kappa shape index (κ3) is 4.65.